The second-order valence-electron chi connectivity index (χ2n) is 4.58. The molecular weight excluding hydrogens is 204 g/mol. The van der Waals surface area contributed by atoms with Crippen LogP contribution in [-0.2, 0) is 5.41 Å². The van der Waals surface area contributed by atoms with E-state index in [1.807, 2.05) is 0 Å². The zero-order chi connectivity index (χ0) is 11.1. The first-order chi connectivity index (χ1) is 7.03. The molecule has 2 nitrogen and oxygen atoms in total. The minimum absolute atomic E-state index is 0.0163. The number of nitrogens with two attached hydrogens (primary N) is 1. The number of aryl methyl sites for hydroxylation is 1. The molecule has 1 aromatic carbocycles. The molecule has 2 rings (SSSR count). The quantitative estimate of drug-likeness (QED) is 0.845. The highest BCUT2D eigenvalue weighted by atomic mass is 32.1. The van der Waals surface area contributed by atoms with E-state index in [0.29, 0.717) is 6.54 Å². The van der Waals surface area contributed by atoms with Crippen molar-refractivity contribution in [3.63, 3.8) is 0 Å². The van der Waals surface area contributed by atoms with Gasteiger partial charge in [0, 0.05) is 12.0 Å². The van der Waals surface area contributed by atoms with Gasteiger partial charge < -0.3 is 5.73 Å². The summed E-state index contributed by atoms with van der Waals surface area (Å²) >= 11 is 1.75. The first-order valence-electron chi connectivity index (χ1n) is 5.11. The number of hydrogen-bond donors (Lipinski definition) is 1. The molecule has 0 radical (unpaired) electrons. The molecular formula is C12H16N2S. The molecule has 0 saturated heterocycles. The number of thiazole rings is 1. The molecule has 15 heavy (non-hydrogen) atoms. The minimum atomic E-state index is -0.0163. The smallest absolute Gasteiger partial charge is 0.101 e. The Kier molecular flexibility index (Phi) is 2.52. The highest BCUT2D eigenvalue weighted by molar-refractivity contribution is 7.18. The van der Waals surface area contributed by atoms with Crippen molar-refractivity contribution in [3.05, 3.63) is 28.8 Å². The fraction of sp³-hybridized carbons (Fsp3) is 0.417. The summed E-state index contributed by atoms with van der Waals surface area (Å²) in [4.78, 5) is 4.65. The summed E-state index contributed by atoms with van der Waals surface area (Å²) in [6.45, 7) is 6.99. The van der Waals surface area contributed by atoms with Crippen LogP contribution in [0.3, 0.4) is 0 Å². The molecule has 0 unspecified atom stereocenters. The summed E-state index contributed by atoms with van der Waals surface area (Å²) in [6, 6.07) is 6.39. The molecule has 0 aliphatic carbocycles. The van der Waals surface area contributed by atoms with Crippen molar-refractivity contribution >= 4 is 21.6 Å². The van der Waals surface area contributed by atoms with E-state index in [0.717, 1.165) is 10.5 Å². The fourth-order valence-corrected chi connectivity index (χ4v) is 2.47. The lowest BCUT2D eigenvalue weighted by Crippen LogP contribution is -2.27. The van der Waals surface area contributed by atoms with Crippen LogP contribution in [0.15, 0.2) is 18.2 Å². The lowest BCUT2D eigenvalue weighted by Gasteiger charge is -2.18. The van der Waals surface area contributed by atoms with E-state index in [1.165, 1.54) is 10.3 Å². The van der Waals surface area contributed by atoms with E-state index in [4.69, 9.17) is 5.73 Å². The Bertz CT molecular complexity index is 485. The summed E-state index contributed by atoms with van der Waals surface area (Å²) in [5.41, 5.74) is 8.09. The highest BCUT2D eigenvalue weighted by Crippen LogP contribution is 2.31. The predicted octanol–water partition coefficient (Wildman–Crippen LogP) is 2.84. The molecule has 0 fully saturated rings. The maximum Gasteiger partial charge on any atom is 0.101 e. The molecule has 0 spiro atoms. The second kappa shape index (κ2) is 3.58. The van der Waals surface area contributed by atoms with Gasteiger partial charge in [0.2, 0.25) is 0 Å². The van der Waals surface area contributed by atoms with E-state index in [-0.39, 0.29) is 5.41 Å². The van der Waals surface area contributed by atoms with Gasteiger partial charge in [0.05, 0.1) is 10.2 Å². The van der Waals surface area contributed by atoms with Crippen LogP contribution >= 0.6 is 11.3 Å². The average Bonchev–Trinajstić information content (AvgIpc) is 2.61. The summed E-state index contributed by atoms with van der Waals surface area (Å²) in [5.74, 6) is 0. The van der Waals surface area contributed by atoms with Crippen molar-refractivity contribution in [2.75, 3.05) is 6.54 Å². The van der Waals surface area contributed by atoms with E-state index in [1.54, 1.807) is 11.3 Å². The Morgan fingerprint density at radius 1 is 1.40 bits per heavy atom. The molecule has 1 aromatic heterocycles. The summed E-state index contributed by atoms with van der Waals surface area (Å²) in [7, 11) is 0. The predicted molar refractivity (Wildman–Crippen MR) is 66.4 cm³/mol. The highest BCUT2D eigenvalue weighted by Gasteiger charge is 2.22. The summed E-state index contributed by atoms with van der Waals surface area (Å²) in [6.07, 6.45) is 0. The van der Waals surface area contributed by atoms with Crippen LogP contribution in [-0.4, -0.2) is 11.5 Å². The molecule has 2 N–H and O–H groups in total. The van der Waals surface area contributed by atoms with Gasteiger partial charge in [-0.3, -0.25) is 0 Å². The molecule has 0 saturated carbocycles. The number of nitrogens with zero attached hydrogens (tertiary/aromatic N) is 1. The Balaban J connectivity index is 2.56. The molecule has 0 amide bonds. The average molecular weight is 220 g/mol. The Hall–Kier alpha value is -0.930. The number of rotatable bonds is 2. The zero-order valence-corrected chi connectivity index (χ0v) is 10.2. The van der Waals surface area contributed by atoms with E-state index < -0.39 is 0 Å². The van der Waals surface area contributed by atoms with Crippen molar-refractivity contribution < 1.29 is 0 Å². The maximum absolute atomic E-state index is 5.76. The molecule has 80 valence electrons. The van der Waals surface area contributed by atoms with Gasteiger partial charge in [-0.05, 0) is 24.6 Å². The lowest BCUT2D eigenvalue weighted by molar-refractivity contribution is 0.536. The second-order valence-corrected chi connectivity index (χ2v) is 5.61. The van der Waals surface area contributed by atoms with Crippen molar-refractivity contribution in [3.8, 4) is 0 Å². The first-order valence-corrected chi connectivity index (χ1v) is 5.92. The Labute approximate surface area is 94.1 Å². The third kappa shape index (κ3) is 1.90. The van der Waals surface area contributed by atoms with Crippen LogP contribution in [0.25, 0.3) is 10.2 Å². The normalized spacial score (nSPS) is 12.3. The van der Waals surface area contributed by atoms with Crippen molar-refractivity contribution in [2.45, 2.75) is 26.2 Å². The van der Waals surface area contributed by atoms with Crippen molar-refractivity contribution in [1.82, 2.24) is 4.98 Å². The standard InChI is InChI=1S/C12H16N2S/c1-8-4-5-10-9(6-8)14-11(15-10)12(2,3)7-13/h4-6H,7,13H2,1-3H3. The molecule has 0 bridgehead atoms. The molecule has 3 heteroatoms. The zero-order valence-electron chi connectivity index (χ0n) is 9.37. The summed E-state index contributed by atoms with van der Waals surface area (Å²) < 4.78 is 1.25. The summed E-state index contributed by atoms with van der Waals surface area (Å²) in [5, 5.41) is 1.13. The van der Waals surface area contributed by atoms with Gasteiger partial charge >= 0.3 is 0 Å². The van der Waals surface area contributed by atoms with Crippen LogP contribution in [0, 0.1) is 6.92 Å². The molecule has 0 aliphatic heterocycles. The molecule has 2 aromatic rings. The van der Waals surface area contributed by atoms with Gasteiger partial charge in [0.25, 0.3) is 0 Å². The number of hydrogen-bond acceptors (Lipinski definition) is 3. The van der Waals surface area contributed by atoms with Crippen LogP contribution in [0.4, 0.5) is 0 Å². The Morgan fingerprint density at radius 3 is 2.80 bits per heavy atom. The Morgan fingerprint density at radius 2 is 2.13 bits per heavy atom. The minimum Gasteiger partial charge on any atom is -0.330 e. The first kappa shape index (κ1) is 10.6. The lowest BCUT2D eigenvalue weighted by atomic mass is 9.95. The van der Waals surface area contributed by atoms with Crippen LogP contribution in [0.1, 0.15) is 24.4 Å². The maximum atomic E-state index is 5.76. The van der Waals surface area contributed by atoms with Crippen molar-refractivity contribution in [1.29, 1.82) is 0 Å². The van der Waals surface area contributed by atoms with Gasteiger partial charge in [0.1, 0.15) is 5.01 Å². The van der Waals surface area contributed by atoms with E-state index in [2.05, 4.69) is 44.0 Å². The van der Waals surface area contributed by atoms with Crippen LogP contribution in [0.5, 0.6) is 0 Å². The third-order valence-corrected chi connectivity index (χ3v) is 4.03. The van der Waals surface area contributed by atoms with Gasteiger partial charge in [0.15, 0.2) is 0 Å². The van der Waals surface area contributed by atoms with Crippen LogP contribution < -0.4 is 5.73 Å². The van der Waals surface area contributed by atoms with Crippen molar-refractivity contribution in [2.24, 2.45) is 5.73 Å². The van der Waals surface area contributed by atoms with Gasteiger partial charge in [-0.2, -0.15) is 0 Å². The van der Waals surface area contributed by atoms with Gasteiger partial charge in [-0.15, -0.1) is 11.3 Å². The van der Waals surface area contributed by atoms with Gasteiger partial charge in [-0.25, -0.2) is 4.98 Å². The SMILES string of the molecule is Cc1ccc2sc(C(C)(C)CN)nc2c1. The monoisotopic (exact) mass is 220 g/mol. The van der Waals surface area contributed by atoms with Crippen LogP contribution in [0.2, 0.25) is 0 Å². The fourth-order valence-electron chi connectivity index (χ4n) is 1.41. The topological polar surface area (TPSA) is 38.9 Å². The van der Waals surface area contributed by atoms with Gasteiger partial charge in [-0.1, -0.05) is 19.9 Å². The third-order valence-electron chi connectivity index (χ3n) is 2.63. The molecule has 1 heterocycles. The largest absolute Gasteiger partial charge is 0.330 e. The molecule has 0 aliphatic rings. The number of benzene rings is 1. The number of aromatic nitrogens is 1. The number of fused-ring (bicyclic) bond motifs is 1. The molecule has 0 atom stereocenters. The van der Waals surface area contributed by atoms with E-state index in [9.17, 15) is 0 Å². The van der Waals surface area contributed by atoms with E-state index >= 15 is 0 Å².